The second kappa shape index (κ2) is 8.19. The number of nitrogens with one attached hydrogen (secondary N) is 1. The van der Waals surface area contributed by atoms with E-state index in [1.54, 1.807) is 0 Å². The van der Waals surface area contributed by atoms with Crippen LogP contribution in [-0.2, 0) is 0 Å². The van der Waals surface area contributed by atoms with Gasteiger partial charge in [-0.3, -0.25) is 0 Å². The molecule has 2 rings (SSSR count). The van der Waals surface area contributed by atoms with Crippen LogP contribution in [0.3, 0.4) is 0 Å². The van der Waals surface area contributed by atoms with Crippen LogP contribution in [-0.4, -0.2) is 29.9 Å². The topological polar surface area (TPSA) is 41.5 Å². The fraction of sp³-hybridized carbons (Fsp3) is 0.500. The van der Waals surface area contributed by atoms with Gasteiger partial charge in [0.25, 0.3) is 0 Å². The fourth-order valence-electron chi connectivity index (χ4n) is 2.20. The molecule has 1 atom stereocenters. The molecular weight excluding hydrogens is 322 g/mol. The lowest BCUT2D eigenvalue weighted by molar-refractivity contribution is 0.0837. The van der Waals surface area contributed by atoms with Crippen LogP contribution in [0.25, 0.3) is 10.8 Å². The van der Waals surface area contributed by atoms with E-state index in [0.717, 1.165) is 16.5 Å². The summed E-state index contributed by atoms with van der Waals surface area (Å²) in [6, 6.07) is 14.1. The van der Waals surface area contributed by atoms with E-state index in [4.69, 9.17) is 4.74 Å². The highest BCUT2D eigenvalue weighted by Gasteiger charge is 2.32. The summed E-state index contributed by atoms with van der Waals surface area (Å²) in [6.45, 7) is 11.7. The van der Waals surface area contributed by atoms with Crippen molar-refractivity contribution in [2.24, 2.45) is 5.41 Å². The largest absolute Gasteiger partial charge is 0.490 e. The number of benzene rings is 2. The summed E-state index contributed by atoms with van der Waals surface area (Å²) in [5.74, 6) is 0.817. The first-order valence-electron chi connectivity index (χ1n) is 8.24. The number of ether oxygens (including phenoxy) is 1. The minimum atomic E-state index is -0.546. The second-order valence-corrected chi connectivity index (χ2v) is 7.70. The molecule has 0 aromatic heterocycles. The Hall–Kier alpha value is -1.29. The number of hydrogen-bond donors (Lipinski definition) is 2. The Morgan fingerprint density at radius 1 is 1.00 bits per heavy atom. The number of hydrogen-bond acceptors (Lipinski definition) is 3. The van der Waals surface area contributed by atoms with Crippen molar-refractivity contribution >= 4 is 23.2 Å². The number of fused-ring (bicyclic) bond motifs is 1. The summed E-state index contributed by atoms with van der Waals surface area (Å²) in [6.07, 6.45) is -0.546. The zero-order valence-electron chi connectivity index (χ0n) is 15.3. The van der Waals surface area contributed by atoms with E-state index in [1.165, 1.54) is 0 Å². The summed E-state index contributed by atoms with van der Waals surface area (Å²) < 4.78 is 5.84. The first-order valence-corrected chi connectivity index (χ1v) is 8.24. The van der Waals surface area contributed by atoms with Gasteiger partial charge in [0.2, 0.25) is 0 Å². The van der Waals surface area contributed by atoms with E-state index < -0.39 is 6.10 Å². The smallest absolute Gasteiger partial charge is 0.127 e. The number of β-amino-alcohol motifs (C(OH)–C–C–N with tert-alkyl or cyclic N) is 1. The van der Waals surface area contributed by atoms with Crippen LogP contribution in [0.4, 0.5) is 0 Å². The van der Waals surface area contributed by atoms with Crippen molar-refractivity contribution in [1.82, 2.24) is 5.32 Å². The molecular formula is C20H30ClNO2. The van der Waals surface area contributed by atoms with Gasteiger partial charge in [-0.05, 0) is 30.7 Å². The molecule has 0 bridgehead atoms. The van der Waals surface area contributed by atoms with Crippen LogP contribution in [0.5, 0.6) is 5.75 Å². The van der Waals surface area contributed by atoms with Gasteiger partial charge in [0.05, 0.1) is 0 Å². The van der Waals surface area contributed by atoms with Gasteiger partial charge in [-0.25, -0.2) is 0 Å². The maximum atomic E-state index is 10.2. The number of halogens is 1. The summed E-state index contributed by atoms with van der Waals surface area (Å²) in [5, 5.41) is 15.9. The molecule has 0 saturated carbocycles. The number of aliphatic hydroxyl groups is 1. The third kappa shape index (κ3) is 5.10. The van der Waals surface area contributed by atoms with Crippen molar-refractivity contribution in [3.63, 3.8) is 0 Å². The molecule has 0 aliphatic heterocycles. The van der Waals surface area contributed by atoms with E-state index in [0.29, 0.717) is 6.54 Å². The Labute approximate surface area is 151 Å². The Balaban J connectivity index is 0.00000288. The predicted octanol–water partition coefficient (Wildman–Crippen LogP) is 4.42. The zero-order chi connectivity index (χ0) is 17.1. The standard InChI is InChI=1S/C20H29NO2.ClH/c1-19(2,3)20(4,5)21-13-16(22)14-23-18-12-8-10-15-9-6-7-11-17(15)18;/h6-12,16,21-22H,13-14H2,1-5H3;1H. The van der Waals surface area contributed by atoms with Crippen molar-refractivity contribution < 1.29 is 9.84 Å². The Bertz CT molecular complexity index is 644. The molecule has 0 aliphatic rings. The van der Waals surface area contributed by atoms with Crippen molar-refractivity contribution in [2.75, 3.05) is 13.2 Å². The number of aliphatic hydroxyl groups excluding tert-OH is 1. The van der Waals surface area contributed by atoms with Gasteiger partial charge in [-0.1, -0.05) is 57.2 Å². The minimum absolute atomic E-state index is 0. The van der Waals surface area contributed by atoms with Crippen molar-refractivity contribution in [1.29, 1.82) is 0 Å². The molecule has 0 fully saturated rings. The predicted molar refractivity (Wildman–Crippen MR) is 104 cm³/mol. The van der Waals surface area contributed by atoms with Gasteiger partial charge >= 0.3 is 0 Å². The molecule has 2 aromatic carbocycles. The fourth-order valence-corrected chi connectivity index (χ4v) is 2.20. The summed E-state index contributed by atoms with van der Waals surface area (Å²) in [7, 11) is 0. The molecule has 0 spiro atoms. The second-order valence-electron chi connectivity index (χ2n) is 7.70. The van der Waals surface area contributed by atoms with Gasteiger partial charge in [-0.2, -0.15) is 0 Å². The van der Waals surface area contributed by atoms with Gasteiger partial charge in [0.1, 0.15) is 18.5 Å². The maximum Gasteiger partial charge on any atom is 0.127 e. The van der Waals surface area contributed by atoms with Gasteiger partial charge < -0.3 is 15.2 Å². The van der Waals surface area contributed by atoms with Crippen LogP contribution >= 0.6 is 12.4 Å². The Morgan fingerprint density at radius 3 is 2.29 bits per heavy atom. The first kappa shape index (κ1) is 20.8. The minimum Gasteiger partial charge on any atom is -0.490 e. The van der Waals surface area contributed by atoms with Crippen LogP contribution in [0, 0.1) is 5.41 Å². The molecule has 24 heavy (non-hydrogen) atoms. The monoisotopic (exact) mass is 351 g/mol. The third-order valence-electron chi connectivity index (χ3n) is 4.84. The average molecular weight is 352 g/mol. The molecule has 0 saturated heterocycles. The highest BCUT2D eigenvalue weighted by molar-refractivity contribution is 5.88. The van der Waals surface area contributed by atoms with Gasteiger partial charge in [-0.15, -0.1) is 12.4 Å². The summed E-state index contributed by atoms with van der Waals surface area (Å²) >= 11 is 0. The molecule has 2 aromatic rings. The molecule has 0 heterocycles. The molecule has 0 radical (unpaired) electrons. The normalized spacial score (nSPS) is 13.4. The zero-order valence-corrected chi connectivity index (χ0v) is 16.1. The summed E-state index contributed by atoms with van der Waals surface area (Å²) in [4.78, 5) is 0. The van der Waals surface area contributed by atoms with E-state index in [9.17, 15) is 5.11 Å². The van der Waals surface area contributed by atoms with Crippen LogP contribution in [0.2, 0.25) is 0 Å². The van der Waals surface area contributed by atoms with Gasteiger partial charge in [0, 0.05) is 17.5 Å². The lowest BCUT2D eigenvalue weighted by Crippen LogP contribution is -2.52. The third-order valence-corrected chi connectivity index (χ3v) is 4.84. The average Bonchev–Trinajstić information content (AvgIpc) is 2.50. The quantitative estimate of drug-likeness (QED) is 0.809. The van der Waals surface area contributed by atoms with E-state index in [2.05, 4.69) is 52.1 Å². The van der Waals surface area contributed by atoms with Crippen LogP contribution < -0.4 is 10.1 Å². The highest BCUT2D eigenvalue weighted by atomic mass is 35.5. The molecule has 4 heteroatoms. The van der Waals surface area contributed by atoms with Crippen molar-refractivity contribution in [3.05, 3.63) is 42.5 Å². The maximum absolute atomic E-state index is 10.2. The van der Waals surface area contributed by atoms with Crippen molar-refractivity contribution in [2.45, 2.75) is 46.3 Å². The van der Waals surface area contributed by atoms with Crippen molar-refractivity contribution in [3.8, 4) is 5.75 Å². The lowest BCUT2D eigenvalue weighted by Gasteiger charge is -2.40. The Morgan fingerprint density at radius 2 is 1.62 bits per heavy atom. The summed E-state index contributed by atoms with van der Waals surface area (Å²) in [5.41, 5.74) is 0.0522. The molecule has 134 valence electrons. The number of rotatable bonds is 6. The molecule has 3 nitrogen and oxygen atoms in total. The van der Waals surface area contributed by atoms with Crippen LogP contribution in [0.15, 0.2) is 42.5 Å². The SMILES string of the molecule is CC(C)(C)C(C)(C)NCC(O)COc1cccc2ccccc12.Cl. The lowest BCUT2D eigenvalue weighted by atomic mass is 9.76. The van der Waals surface area contributed by atoms with E-state index in [-0.39, 0.29) is 30.0 Å². The molecule has 0 amide bonds. The van der Waals surface area contributed by atoms with E-state index in [1.807, 2.05) is 30.3 Å². The van der Waals surface area contributed by atoms with Crippen LogP contribution in [0.1, 0.15) is 34.6 Å². The highest BCUT2D eigenvalue weighted by Crippen LogP contribution is 2.29. The molecule has 0 aliphatic carbocycles. The van der Waals surface area contributed by atoms with Gasteiger partial charge in [0.15, 0.2) is 0 Å². The Kier molecular flexibility index (Phi) is 7.09. The molecule has 1 unspecified atom stereocenters. The van der Waals surface area contributed by atoms with E-state index >= 15 is 0 Å². The first-order chi connectivity index (χ1) is 10.7. The molecule has 2 N–H and O–H groups in total.